The molecule has 0 saturated heterocycles. The van der Waals surface area contributed by atoms with E-state index in [9.17, 15) is 9.90 Å². The number of aromatic nitrogens is 2. The van der Waals surface area contributed by atoms with Crippen molar-refractivity contribution < 1.29 is 23.8 Å². The lowest BCUT2D eigenvalue weighted by molar-refractivity contribution is 0.0563. The summed E-state index contributed by atoms with van der Waals surface area (Å²) in [6.45, 7) is 1.06. The molecular weight excluding hydrogens is 308 g/mol. The van der Waals surface area contributed by atoms with Crippen LogP contribution in [0, 0.1) is 0 Å². The Morgan fingerprint density at radius 2 is 2.27 bits per heavy atom. The second-order valence-corrected chi connectivity index (χ2v) is 5.32. The second kappa shape index (κ2) is 8.02. The highest BCUT2D eigenvalue weighted by molar-refractivity contribution is 7.98. The summed E-state index contributed by atoms with van der Waals surface area (Å²) in [6, 6.07) is 3.31. The quantitative estimate of drug-likeness (QED) is 0.583. The van der Waals surface area contributed by atoms with Gasteiger partial charge < -0.3 is 23.6 Å². The molecule has 8 heteroatoms. The van der Waals surface area contributed by atoms with E-state index in [1.54, 1.807) is 25.4 Å². The molecule has 0 bridgehead atoms. The SMILES string of the molecule is COCCn1c(CO)cnc1SCc1ccc(C(=O)OC)o1. The number of aliphatic hydroxyl groups excluding tert-OH is 1. The highest BCUT2D eigenvalue weighted by atomic mass is 32.2. The number of thioether (sulfide) groups is 1. The lowest BCUT2D eigenvalue weighted by Gasteiger charge is -2.09. The molecule has 0 fully saturated rings. The predicted molar refractivity (Wildman–Crippen MR) is 79.6 cm³/mol. The van der Waals surface area contributed by atoms with E-state index in [0.717, 1.165) is 10.9 Å². The van der Waals surface area contributed by atoms with Crippen molar-refractivity contribution in [2.75, 3.05) is 20.8 Å². The number of carbonyl (C=O) groups excluding carboxylic acids is 1. The van der Waals surface area contributed by atoms with Crippen LogP contribution in [0.2, 0.25) is 0 Å². The van der Waals surface area contributed by atoms with Gasteiger partial charge in [-0.25, -0.2) is 9.78 Å². The third-order valence-electron chi connectivity index (χ3n) is 2.97. The molecule has 0 aromatic carbocycles. The number of furan rings is 1. The Kier molecular flexibility index (Phi) is 6.05. The Labute approximate surface area is 132 Å². The van der Waals surface area contributed by atoms with E-state index in [1.807, 2.05) is 4.57 Å². The molecule has 2 rings (SSSR count). The zero-order chi connectivity index (χ0) is 15.9. The van der Waals surface area contributed by atoms with Crippen molar-refractivity contribution >= 4 is 17.7 Å². The second-order valence-electron chi connectivity index (χ2n) is 4.38. The zero-order valence-corrected chi connectivity index (χ0v) is 13.3. The molecule has 2 aromatic heterocycles. The topological polar surface area (TPSA) is 86.7 Å². The molecule has 0 saturated carbocycles. The first-order valence-corrected chi connectivity index (χ1v) is 7.62. The van der Waals surface area contributed by atoms with Gasteiger partial charge in [0.15, 0.2) is 5.16 Å². The number of nitrogens with zero attached hydrogens (tertiary/aromatic N) is 2. The first kappa shape index (κ1) is 16.6. The third-order valence-corrected chi connectivity index (χ3v) is 3.99. The van der Waals surface area contributed by atoms with Gasteiger partial charge in [0, 0.05) is 13.7 Å². The largest absolute Gasteiger partial charge is 0.463 e. The van der Waals surface area contributed by atoms with Gasteiger partial charge >= 0.3 is 5.97 Å². The fourth-order valence-electron chi connectivity index (χ4n) is 1.86. The zero-order valence-electron chi connectivity index (χ0n) is 12.4. The van der Waals surface area contributed by atoms with Gasteiger partial charge in [-0.3, -0.25) is 0 Å². The van der Waals surface area contributed by atoms with Crippen molar-refractivity contribution in [3.8, 4) is 0 Å². The number of methoxy groups -OCH3 is 2. The first-order valence-electron chi connectivity index (χ1n) is 6.63. The summed E-state index contributed by atoms with van der Waals surface area (Å²) in [7, 11) is 2.93. The van der Waals surface area contributed by atoms with E-state index < -0.39 is 5.97 Å². The van der Waals surface area contributed by atoms with E-state index >= 15 is 0 Å². The Morgan fingerprint density at radius 3 is 2.95 bits per heavy atom. The van der Waals surface area contributed by atoms with Crippen LogP contribution < -0.4 is 0 Å². The standard InChI is InChI=1S/C14H18N2O5S/c1-19-6-5-16-10(8-17)7-15-14(16)22-9-11-3-4-12(21-11)13(18)20-2/h3-4,7,17H,5-6,8-9H2,1-2H3. The normalized spacial score (nSPS) is 10.9. The molecule has 0 atom stereocenters. The fourth-order valence-corrected chi connectivity index (χ4v) is 2.77. The van der Waals surface area contributed by atoms with Gasteiger partial charge in [-0.1, -0.05) is 11.8 Å². The molecule has 0 radical (unpaired) electrons. The van der Waals surface area contributed by atoms with Crippen LogP contribution in [-0.2, 0) is 28.4 Å². The number of aliphatic hydroxyl groups is 1. The molecule has 22 heavy (non-hydrogen) atoms. The van der Waals surface area contributed by atoms with Crippen LogP contribution in [0.15, 0.2) is 27.9 Å². The number of hydrogen-bond acceptors (Lipinski definition) is 7. The minimum Gasteiger partial charge on any atom is -0.463 e. The fraction of sp³-hybridized carbons (Fsp3) is 0.429. The van der Waals surface area contributed by atoms with Crippen LogP contribution in [0.25, 0.3) is 0 Å². The van der Waals surface area contributed by atoms with E-state index in [4.69, 9.17) is 9.15 Å². The molecule has 1 N–H and O–H groups in total. The highest BCUT2D eigenvalue weighted by Crippen LogP contribution is 2.24. The van der Waals surface area contributed by atoms with Gasteiger partial charge in [0.2, 0.25) is 5.76 Å². The summed E-state index contributed by atoms with van der Waals surface area (Å²) in [4.78, 5) is 15.6. The van der Waals surface area contributed by atoms with Crippen LogP contribution in [0.1, 0.15) is 22.0 Å². The van der Waals surface area contributed by atoms with Gasteiger partial charge in [-0.05, 0) is 12.1 Å². The maximum Gasteiger partial charge on any atom is 0.373 e. The number of esters is 1. The predicted octanol–water partition coefficient (Wildman–Crippen LogP) is 1.69. The van der Waals surface area contributed by atoms with Crippen LogP contribution in [-0.4, -0.2) is 41.5 Å². The van der Waals surface area contributed by atoms with Gasteiger partial charge in [0.05, 0.1) is 38.0 Å². The van der Waals surface area contributed by atoms with E-state index in [0.29, 0.717) is 24.7 Å². The third kappa shape index (κ3) is 3.90. The molecule has 2 aromatic rings. The molecule has 0 aliphatic heterocycles. The summed E-state index contributed by atoms with van der Waals surface area (Å²) in [6.07, 6.45) is 1.64. The lowest BCUT2D eigenvalue weighted by Crippen LogP contribution is -2.09. The van der Waals surface area contributed by atoms with Crippen molar-refractivity contribution in [2.24, 2.45) is 0 Å². The van der Waals surface area contributed by atoms with Crippen molar-refractivity contribution in [3.05, 3.63) is 35.5 Å². The minimum atomic E-state index is -0.500. The van der Waals surface area contributed by atoms with Crippen molar-refractivity contribution in [1.82, 2.24) is 9.55 Å². The summed E-state index contributed by atoms with van der Waals surface area (Å²) < 4.78 is 17.0. The number of imidazole rings is 1. The van der Waals surface area contributed by atoms with Gasteiger partial charge in [-0.2, -0.15) is 0 Å². The van der Waals surface area contributed by atoms with Gasteiger partial charge in [0.1, 0.15) is 5.76 Å². The van der Waals surface area contributed by atoms with E-state index in [-0.39, 0.29) is 12.4 Å². The molecule has 0 unspecified atom stereocenters. The molecular formula is C14H18N2O5S. The maximum atomic E-state index is 11.3. The molecule has 2 heterocycles. The summed E-state index contributed by atoms with van der Waals surface area (Å²) >= 11 is 1.46. The van der Waals surface area contributed by atoms with Crippen LogP contribution in [0.4, 0.5) is 0 Å². The summed E-state index contributed by atoms with van der Waals surface area (Å²) in [5, 5.41) is 10.1. The number of hydrogen-bond donors (Lipinski definition) is 1. The van der Waals surface area contributed by atoms with Gasteiger partial charge in [-0.15, -0.1) is 0 Å². The Bertz CT molecular complexity index is 623. The monoisotopic (exact) mass is 326 g/mol. The van der Waals surface area contributed by atoms with Crippen molar-refractivity contribution in [2.45, 2.75) is 24.1 Å². The Hall–Kier alpha value is -1.77. The smallest absolute Gasteiger partial charge is 0.373 e. The molecule has 0 aliphatic carbocycles. The summed E-state index contributed by atoms with van der Waals surface area (Å²) in [5.41, 5.74) is 0.731. The average Bonchev–Trinajstić information content (AvgIpc) is 3.16. The first-order chi connectivity index (χ1) is 10.7. The number of carbonyl (C=O) groups is 1. The molecule has 0 aliphatic rings. The number of ether oxygens (including phenoxy) is 2. The molecule has 0 amide bonds. The van der Waals surface area contributed by atoms with Crippen LogP contribution in [0.3, 0.4) is 0 Å². The molecule has 7 nitrogen and oxygen atoms in total. The lowest BCUT2D eigenvalue weighted by atomic mass is 10.4. The average molecular weight is 326 g/mol. The summed E-state index contributed by atoms with van der Waals surface area (Å²) in [5.74, 6) is 0.848. The van der Waals surface area contributed by atoms with E-state index in [2.05, 4.69) is 9.72 Å². The van der Waals surface area contributed by atoms with Crippen molar-refractivity contribution in [1.29, 1.82) is 0 Å². The van der Waals surface area contributed by atoms with Crippen molar-refractivity contribution in [3.63, 3.8) is 0 Å². The Morgan fingerprint density at radius 1 is 1.45 bits per heavy atom. The number of rotatable bonds is 8. The minimum absolute atomic E-state index is 0.0789. The maximum absolute atomic E-state index is 11.3. The van der Waals surface area contributed by atoms with Gasteiger partial charge in [0.25, 0.3) is 0 Å². The Balaban J connectivity index is 2.03. The molecule has 120 valence electrons. The molecule has 0 spiro atoms. The highest BCUT2D eigenvalue weighted by Gasteiger charge is 2.14. The van der Waals surface area contributed by atoms with E-state index in [1.165, 1.54) is 18.9 Å². The van der Waals surface area contributed by atoms with Crippen LogP contribution >= 0.6 is 11.8 Å². The van der Waals surface area contributed by atoms with Crippen LogP contribution in [0.5, 0.6) is 0 Å².